The number of nitrogens with one attached hydrogen (secondary N) is 2. The molecule has 0 aliphatic rings. The van der Waals surface area contributed by atoms with Gasteiger partial charge in [0.15, 0.2) is 5.16 Å². The minimum Gasteiger partial charge on any atom is -0.491 e. The Kier molecular flexibility index (Phi) is 5.62. The Morgan fingerprint density at radius 3 is 3.00 bits per heavy atom. The standard InChI is InChI=1S/C14H18N4O2S/c1-10-3-4-12(11(2)7-10)20-6-5-15-13(19)8-21-14-16-9-17-18-14/h3-4,7,9H,5-6,8H2,1-2H3,(H,15,19)(H,16,17,18). The topological polar surface area (TPSA) is 79.9 Å². The Morgan fingerprint density at radius 2 is 2.29 bits per heavy atom. The van der Waals surface area contributed by atoms with Gasteiger partial charge in [0, 0.05) is 0 Å². The van der Waals surface area contributed by atoms with Crippen molar-refractivity contribution in [1.29, 1.82) is 0 Å². The van der Waals surface area contributed by atoms with Crippen molar-refractivity contribution in [3.05, 3.63) is 35.7 Å². The highest BCUT2D eigenvalue weighted by molar-refractivity contribution is 7.99. The predicted molar refractivity (Wildman–Crippen MR) is 81.5 cm³/mol. The van der Waals surface area contributed by atoms with Crippen LogP contribution in [-0.2, 0) is 4.79 Å². The number of aromatic nitrogens is 3. The van der Waals surface area contributed by atoms with Crippen molar-refractivity contribution in [3.63, 3.8) is 0 Å². The summed E-state index contributed by atoms with van der Waals surface area (Å²) in [5, 5.41) is 9.84. The molecule has 1 amide bonds. The second kappa shape index (κ2) is 7.68. The fourth-order valence-corrected chi connectivity index (χ4v) is 2.37. The molecule has 0 aliphatic heterocycles. The normalized spacial score (nSPS) is 10.4. The number of aryl methyl sites for hydroxylation is 2. The molecule has 6 nitrogen and oxygen atoms in total. The zero-order valence-corrected chi connectivity index (χ0v) is 12.9. The van der Waals surface area contributed by atoms with Crippen molar-refractivity contribution in [1.82, 2.24) is 20.5 Å². The van der Waals surface area contributed by atoms with Crippen LogP contribution in [-0.4, -0.2) is 40.0 Å². The lowest BCUT2D eigenvalue weighted by Crippen LogP contribution is -2.29. The molecule has 1 aromatic heterocycles. The quantitative estimate of drug-likeness (QED) is 0.601. The Hall–Kier alpha value is -2.02. The van der Waals surface area contributed by atoms with Crippen molar-refractivity contribution in [2.24, 2.45) is 0 Å². The number of H-pyrrole nitrogens is 1. The molecule has 112 valence electrons. The summed E-state index contributed by atoms with van der Waals surface area (Å²) in [6.07, 6.45) is 1.41. The van der Waals surface area contributed by atoms with Gasteiger partial charge in [0.25, 0.3) is 0 Å². The number of rotatable bonds is 7. The van der Waals surface area contributed by atoms with E-state index in [1.54, 1.807) is 0 Å². The number of carbonyl (C=O) groups is 1. The van der Waals surface area contributed by atoms with E-state index in [1.807, 2.05) is 26.0 Å². The molecule has 0 atom stereocenters. The second-order valence-electron chi connectivity index (χ2n) is 4.55. The minimum absolute atomic E-state index is 0.0550. The zero-order valence-electron chi connectivity index (χ0n) is 12.0. The van der Waals surface area contributed by atoms with E-state index < -0.39 is 0 Å². The molecule has 2 rings (SSSR count). The van der Waals surface area contributed by atoms with Gasteiger partial charge < -0.3 is 10.1 Å². The summed E-state index contributed by atoms with van der Waals surface area (Å²) in [7, 11) is 0. The van der Waals surface area contributed by atoms with Gasteiger partial charge in [-0.1, -0.05) is 29.5 Å². The summed E-state index contributed by atoms with van der Waals surface area (Å²) in [6.45, 7) is 4.98. The molecular weight excluding hydrogens is 288 g/mol. The highest BCUT2D eigenvalue weighted by atomic mass is 32.2. The summed E-state index contributed by atoms with van der Waals surface area (Å²) in [5.74, 6) is 1.10. The fourth-order valence-electron chi connectivity index (χ4n) is 1.76. The number of aromatic amines is 1. The maximum atomic E-state index is 11.6. The third kappa shape index (κ3) is 5.11. The van der Waals surface area contributed by atoms with Gasteiger partial charge in [0.1, 0.15) is 18.7 Å². The van der Waals surface area contributed by atoms with E-state index in [2.05, 4.69) is 26.6 Å². The van der Waals surface area contributed by atoms with Crippen molar-refractivity contribution in [3.8, 4) is 5.75 Å². The number of thioether (sulfide) groups is 1. The maximum absolute atomic E-state index is 11.6. The van der Waals surface area contributed by atoms with Crippen LogP contribution in [0.25, 0.3) is 0 Å². The van der Waals surface area contributed by atoms with E-state index in [-0.39, 0.29) is 5.91 Å². The summed E-state index contributed by atoms with van der Waals surface area (Å²) in [5.41, 5.74) is 2.31. The Bertz CT molecular complexity index is 587. The number of carbonyl (C=O) groups excluding carboxylic acids is 1. The first-order chi connectivity index (χ1) is 10.1. The Balaban J connectivity index is 1.64. The number of hydrogen-bond donors (Lipinski definition) is 2. The van der Waals surface area contributed by atoms with Crippen LogP contribution in [0, 0.1) is 13.8 Å². The summed E-state index contributed by atoms with van der Waals surface area (Å²) >= 11 is 1.31. The van der Waals surface area contributed by atoms with E-state index in [0.717, 1.165) is 11.3 Å². The average Bonchev–Trinajstić information content (AvgIpc) is 2.96. The monoisotopic (exact) mass is 306 g/mol. The lowest BCUT2D eigenvalue weighted by molar-refractivity contribution is -0.118. The first kappa shape index (κ1) is 15.4. The molecule has 21 heavy (non-hydrogen) atoms. The van der Waals surface area contributed by atoms with Gasteiger partial charge in [-0.25, -0.2) is 4.98 Å². The molecule has 2 N–H and O–H groups in total. The van der Waals surface area contributed by atoms with Crippen LogP contribution >= 0.6 is 11.8 Å². The van der Waals surface area contributed by atoms with Crippen LogP contribution in [0.15, 0.2) is 29.7 Å². The molecule has 0 spiro atoms. The highest BCUT2D eigenvalue weighted by Crippen LogP contribution is 2.18. The fraction of sp³-hybridized carbons (Fsp3) is 0.357. The molecular formula is C14H18N4O2S. The van der Waals surface area contributed by atoms with Crippen molar-refractivity contribution < 1.29 is 9.53 Å². The van der Waals surface area contributed by atoms with Gasteiger partial charge >= 0.3 is 0 Å². The molecule has 7 heteroatoms. The van der Waals surface area contributed by atoms with Gasteiger partial charge in [-0.3, -0.25) is 9.89 Å². The van der Waals surface area contributed by atoms with Gasteiger partial charge in [-0.15, -0.1) is 0 Å². The summed E-state index contributed by atoms with van der Waals surface area (Å²) in [4.78, 5) is 15.5. The maximum Gasteiger partial charge on any atom is 0.230 e. The van der Waals surface area contributed by atoms with Crippen LogP contribution < -0.4 is 10.1 Å². The molecule has 0 saturated carbocycles. The molecule has 0 bridgehead atoms. The van der Waals surface area contributed by atoms with Crippen LogP contribution in [0.5, 0.6) is 5.75 Å². The van der Waals surface area contributed by atoms with Crippen molar-refractivity contribution in [2.75, 3.05) is 18.9 Å². The van der Waals surface area contributed by atoms with E-state index >= 15 is 0 Å². The molecule has 2 aromatic rings. The third-order valence-corrected chi connectivity index (χ3v) is 3.62. The molecule has 0 radical (unpaired) electrons. The van der Waals surface area contributed by atoms with Crippen molar-refractivity contribution in [2.45, 2.75) is 19.0 Å². The van der Waals surface area contributed by atoms with E-state index in [4.69, 9.17) is 4.74 Å². The number of ether oxygens (including phenoxy) is 1. The number of nitrogens with zero attached hydrogens (tertiary/aromatic N) is 2. The second-order valence-corrected chi connectivity index (χ2v) is 5.51. The average molecular weight is 306 g/mol. The smallest absolute Gasteiger partial charge is 0.230 e. The number of benzene rings is 1. The van der Waals surface area contributed by atoms with Gasteiger partial charge in [0.2, 0.25) is 5.91 Å². The molecule has 1 aromatic carbocycles. The number of amides is 1. The molecule has 0 unspecified atom stereocenters. The van der Waals surface area contributed by atoms with E-state index in [0.29, 0.717) is 24.1 Å². The predicted octanol–water partition coefficient (Wildman–Crippen LogP) is 1.71. The lowest BCUT2D eigenvalue weighted by Gasteiger charge is -2.10. The molecule has 1 heterocycles. The van der Waals surface area contributed by atoms with E-state index in [9.17, 15) is 4.79 Å². The van der Waals surface area contributed by atoms with Crippen LogP contribution in [0.1, 0.15) is 11.1 Å². The van der Waals surface area contributed by atoms with Gasteiger partial charge in [-0.05, 0) is 25.5 Å². The summed E-state index contributed by atoms with van der Waals surface area (Å²) in [6, 6.07) is 6.03. The first-order valence-corrected chi connectivity index (χ1v) is 7.58. The van der Waals surface area contributed by atoms with Crippen LogP contribution in [0.4, 0.5) is 0 Å². The van der Waals surface area contributed by atoms with E-state index in [1.165, 1.54) is 23.7 Å². The highest BCUT2D eigenvalue weighted by Gasteiger charge is 2.04. The Morgan fingerprint density at radius 1 is 1.43 bits per heavy atom. The van der Waals surface area contributed by atoms with Gasteiger partial charge in [-0.2, -0.15) is 5.10 Å². The van der Waals surface area contributed by atoms with Crippen LogP contribution in [0.2, 0.25) is 0 Å². The lowest BCUT2D eigenvalue weighted by atomic mass is 10.1. The summed E-state index contributed by atoms with van der Waals surface area (Å²) < 4.78 is 5.64. The minimum atomic E-state index is -0.0550. The molecule has 0 saturated heterocycles. The van der Waals surface area contributed by atoms with Crippen molar-refractivity contribution >= 4 is 17.7 Å². The third-order valence-electron chi connectivity index (χ3n) is 2.75. The largest absolute Gasteiger partial charge is 0.491 e. The zero-order chi connectivity index (χ0) is 15.1. The SMILES string of the molecule is Cc1ccc(OCCNC(=O)CSc2ncn[nH]2)c(C)c1. The Labute approximate surface area is 127 Å². The first-order valence-electron chi connectivity index (χ1n) is 6.60. The van der Waals surface area contributed by atoms with Crippen LogP contribution in [0.3, 0.4) is 0 Å². The molecule has 0 fully saturated rings. The van der Waals surface area contributed by atoms with Gasteiger partial charge in [0.05, 0.1) is 12.3 Å². The molecule has 0 aliphatic carbocycles. The number of hydrogen-bond acceptors (Lipinski definition) is 5.